The molecule has 0 bridgehead atoms. The number of aliphatic hydroxyl groups is 1. The van der Waals surface area contributed by atoms with E-state index in [9.17, 15) is 5.11 Å². The molecule has 0 aliphatic carbocycles. The van der Waals surface area contributed by atoms with Crippen molar-refractivity contribution in [2.45, 2.75) is 58.0 Å². The molecule has 2 atom stereocenters. The van der Waals surface area contributed by atoms with Crippen molar-refractivity contribution in [3.63, 3.8) is 0 Å². The fourth-order valence-electron chi connectivity index (χ4n) is 3.00. The van der Waals surface area contributed by atoms with Crippen molar-refractivity contribution >= 4 is 0 Å². The van der Waals surface area contributed by atoms with E-state index in [2.05, 4.69) is 42.9 Å². The van der Waals surface area contributed by atoms with Crippen LogP contribution in [0.15, 0.2) is 0 Å². The van der Waals surface area contributed by atoms with Crippen molar-refractivity contribution in [3.8, 4) is 0 Å². The van der Waals surface area contributed by atoms with Gasteiger partial charge in [-0.25, -0.2) is 0 Å². The van der Waals surface area contributed by atoms with Crippen molar-refractivity contribution in [2.24, 2.45) is 0 Å². The van der Waals surface area contributed by atoms with Crippen LogP contribution in [0.1, 0.15) is 46.5 Å². The predicted octanol–water partition coefficient (Wildman–Crippen LogP) is 1.54. The zero-order chi connectivity index (χ0) is 15.0. The van der Waals surface area contributed by atoms with Gasteiger partial charge in [0, 0.05) is 31.2 Å². The fourth-order valence-corrected chi connectivity index (χ4v) is 3.00. The average Bonchev–Trinajstić information content (AvgIpc) is 2.47. The molecule has 0 aromatic rings. The number of likely N-dealkylation sites (N-methyl/N-ethyl adjacent to an activating group) is 1. The Morgan fingerprint density at radius 3 is 2.65 bits per heavy atom. The van der Waals surface area contributed by atoms with E-state index >= 15 is 0 Å². The molecule has 1 saturated heterocycles. The second-order valence-electron chi connectivity index (χ2n) is 6.59. The summed E-state index contributed by atoms with van der Waals surface area (Å²) in [5, 5.41) is 13.1. The van der Waals surface area contributed by atoms with Gasteiger partial charge in [0.1, 0.15) is 0 Å². The largest absolute Gasteiger partial charge is 0.394 e. The summed E-state index contributed by atoms with van der Waals surface area (Å²) in [7, 11) is 2.24. The summed E-state index contributed by atoms with van der Waals surface area (Å²) < 4.78 is 0. The highest BCUT2D eigenvalue weighted by Crippen LogP contribution is 2.15. The summed E-state index contributed by atoms with van der Waals surface area (Å²) in [5.74, 6) is 0. The van der Waals surface area contributed by atoms with Gasteiger partial charge in [0.2, 0.25) is 0 Å². The minimum atomic E-state index is -0.104. The molecule has 2 N–H and O–H groups in total. The van der Waals surface area contributed by atoms with Gasteiger partial charge < -0.3 is 20.2 Å². The first kappa shape index (κ1) is 17.9. The lowest BCUT2D eigenvalue weighted by Crippen LogP contribution is -2.51. The van der Waals surface area contributed by atoms with Crippen molar-refractivity contribution in [1.29, 1.82) is 0 Å². The number of rotatable bonds is 9. The highest BCUT2D eigenvalue weighted by atomic mass is 16.3. The summed E-state index contributed by atoms with van der Waals surface area (Å²) >= 11 is 0. The van der Waals surface area contributed by atoms with Crippen molar-refractivity contribution < 1.29 is 5.11 Å². The third-order valence-corrected chi connectivity index (χ3v) is 4.69. The summed E-state index contributed by atoms with van der Waals surface area (Å²) in [6.07, 6.45) is 4.56. The molecule has 120 valence electrons. The van der Waals surface area contributed by atoms with Crippen LogP contribution in [-0.2, 0) is 0 Å². The van der Waals surface area contributed by atoms with Crippen LogP contribution < -0.4 is 5.32 Å². The number of hydrogen-bond acceptors (Lipinski definition) is 4. The second-order valence-corrected chi connectivity index (χ2v) is 6.59. The van der Waals surface area contributed by atoms with E-state index < -0.39 is 0 Å². The lowest BCUT2D eigenvalue weighted by Gasteiger charge is -2.39. The van der Waals surface area contributed by atoms with Gasteiger partial charge in [-0.05, 0) is 52.7 Å². The predicted molar refractivity (Wildman–Crippen MR) is 86.2 cm³/mol. The molecule has 0 radical (unpaired) electrons. The van der Waals surface area contributed by atoms with Crippen LogP contribution in [0.25, 0.3) is 0 Å². The first-order valence-electron chi connectivity index (χ1n) is 8.33. The highest BCUT2D eigenvalue weighted by molar-refractivity contribution is 4.84. The van der Waals surface area contributed by atoms with Crippen LogP contribution >= 0.6 is 0 Å². The third-order valence-electron chi connectivity index (χ3n) is 4.69. The Labute approximate surface area is 125 Å². The molecule has 4 heteroatoms. The van der Waals surface area contributed by atoms with Gasteiger partial charge in [0.05, 0.1) is 6.61 Å². The SMILES string of the molecule is CCCNC(C)(CO)CCCN1CCN(C)C(CC)C1. The minimum Gasteiger partial charge on any atom is -0.394 e. The smallest absolute Gasteiger partial charge is 0.0610 e. The Morgan fingerprint density at radius 2 is 2.05 bits per heavy atom. The monoisotopic (exact) mass is 285 g/mol. The molecule has 1 aliphatic rings. The van der Waals surface area contributed by atoms with Crippen LogP contribution in [0.3, 0.4) is 0 Å². The van der Waals surface area contributed by atoms with E-state index in [4.69, 9.17) is 0 Å². The van der Waals surface area contributed by atoms with Crippen LogP contribution in [-0.4, -0.2) is 72.9 Å². The Kier molecular flexibility index (Phi) is 8.03. The van der Waals surface area contributed by atoms with Gasteiger partial charge in [0.15, 0.2) is 0 Å². The lowest BCUT2D eigenvalue weighted by atomic mass is 9.96. The minimum absolute atomic E-state index is 0.104. The van der Waals surface area contributed by atoms with E-state index in [1.54, 1.807) is 0 Å². The van der Waals surface area contributed by atoms with E-state index in [0.717, 1.165) is 32.4 Å². The summed E-state index contributed by atoms with van der Waals surface area (Å²) in [4.78, 5) is 5.07. The Hall–Kier alpha value is -0.160. The van der Waals surface area contributed by atoms with Gasteiger partial charge in [-0.3, -0.25) is 0 Å². The van der Waals surface area contributed by atoms with Gasteiger partial charge in [-0.15, -0.1) is 0 Å². The first-order valence-corrected chi connectivity index (χ1v) is 8.33. The summed E-state index contributed by atoms with van der Waals surface area (Å²) in [5.41, 5.74) is -0.104. The molecule has 20 heavy (non-hydrogen) atoms. The summed E-state index contributed by atoms with van der Waals surface area (Å²) in [6, 6.07) is 0.714. The van der Waals surface area contributed by atoms with Gasteiger partial charge in [-0.2, -0.15) is 0 Å². The second kappa shape index (κ2) is 8.98. The van der Waals surface area contributed by atoms with Crippen molar-refractivity contribution in [1.82, 2.24) is 15.1 Å². The number of piperazine rings is 1. The molecule has 4 nitrogen and oxygen atoms in total. The molecule has 0 amide bonds. The average molecular weight is 285 g/mol. The molecule has 0 spiro atoms. The number of nitrogens with zero attached hydrogens (tertiary/aromatic N) is 2. The van der Waals surface area contributed by atoms with Crippen LogP contribution in [0.5, 0.6) is 0 Å². The quantitative estimate of drug-likeness (QED) is 0.674. The Bertz CT molecular complexity index is 262. The number of nitrogens with one attached hydrogen (secondary N) is 1. The maximum atomic E-state index is 9.58. The zero-order valence-corrected chi connectivity index (χ0v) is 14.0. The van der Waals surface area contributed by atoms with Gasteiger partial charge in [-0.1, -0.05) is 13.8 Å². The highest BCUT2D eigenvalue weighted by Gasteiger charge is 2.25. The third kappa shape index (κ3) is 5.68. The van der Waals surface area contributed by atoms with Gasteiger partial charge >= 0.3 is 0 Å². The van der Waals surface area contributed by atoms with Crippen molar-refractivity contribution in [2.75, 3.05) is 46.4 Å². The lowest BCUT2D eigenvalue weighted by molar-refractivity contribution is 0.0873. The van der Waals surface area contributed by atoms with E-state index in [-0.39, 0.29) is 12.1 Å². The molecule has 0 aromatic carbocycles. The van der Waals surface area contributed by atoms with Crippen LogP contribution in [0.4, 0.5) is 0 Å². The van der Waals surface area contributed by atoms with Crippen LogP contribution in [0, 0.1) is 0 Å². The van der Waals surface area contributed by atoms with E-state index in [1.165, 1.54) is 26.1 Å². The zero-order valence-electron chi connectivity index (χ0n) is 14.0. The Balaban J connectivity index is 2.28. The maximum absolute atomic E-state index is 9.58. The molecule has 2 unspecified atom stereocenters. The van der Waals surface area contributed by atoms with E-state index in [1.807, 2.05) is 0 Å². The number of hydrogen-bond donors (Lipinski definition) is 2. The Morgan fingerprint density at radius 1 is 1.30 bits per heavy atom. The van der Waals surface area contributed by atoms with Gasteiger partial charge in [0.25, 0.3) is 0 Å². The molecule has 1 heterocycles. The first-order chi connectivity index (χ1) is 9.54. The number of aliphatic hydroxyl groups excluding tert-OH is 1. The molecular weight excluding hydrogens is 250 g/mol. The molecule has 1 rings (SSSR count). The molecule has 1 aliphatic heterocycles. The maximum Gasteiger partial charge on any atom is 0.0610 e. The van der Waals surface area contributed by atoms with E-state index in [0.29, 0.717) is 6.04 Å². The topological polar surface area (TPSA) is 38.7 Å². The summed E-state index contributed by atoms with van der Waals surface area (Å²) in [6.45, 7) is 12.5. The molecule has 1 fully saturated rings. The van der Waals surface area contributed by atoms with Crippen LogP contribution in [0.2, 0.25) is 0 Å². The molecular formula is C16H35N3O. The standard InChI is InChI=1S/C16H35N3O/c1-5-9-17-16(3,14-20)8-7-10-19-12-11-18(4)15(6-2)13-19/h15,17,20H,5-14H2,1-4H3. The molecule has 0 saturated carbocycles. The fraction of sp³-hybridized carbons (Fsp3) is 1.00. The molecule has 0 aromatic heterocycles. The normalized spacial score (nSPS) is 24.8. The van der Waals surface area contributed by atoms with Crippen molar-refractivity contribution in [3.05, 3.63) is 0 Å².